The molecule has 28 heavy (non-hydrogen) atoms. The monoisotopic (exact) mass is 409 g/mol. The molecule has 1 N–H and O–H groups in total. The molecule has 2 aromatic heterocycles. The third-order valence-corrected chi connectivity index (χ3v) is 5.75. The minimum atomic E-state index is 0.0771. The Hall–Kier alpha value is -2.63. The van der Waals surface area contributed by atoms with Gasteiger partial charge in [0.2, 0.25) is 5.91 Å². The first-order valence-corrected chi connectivity index (χ1v) is 10.5. The molecule has 1 amide bonds. The highest BCUT2D eigenvalue weighted by Gasteiger charge is 2.11. The average Bonchev–Trinajstić information content (AvgIpc) is 3.29. The molecule has 0 aliphatic heterocycles. The zero-order chi connectivity index (χ0) is 19.3. The number of aryl methyl sites for hydroxylation is 1. The van der Waals surface area contributed by atoms with Gasteiger partial charge in [0, 0.05) is 40.8 Å². The van der Waals surface area contributed by atoms with E-state index in [0.717, 1.165) is 28.3 Å². The molecule has 0 saturated heterocycles. The Balaban J connectivity index is 1.34. The Kier molecular flexibility index (Phi) is 5.74. The van der Waals surface area contributed by atoms with Crippen molar-refractivity contribution in [2.24, 2.45) is 0 Å². The molecular weight excluding hydrogens is 390 g/mol. The van der Waals surface area contributed by atoms with Gasteiger partial charge in [0.1, 0.15) is 0 Å². The summed E-state index contributed by atoms with van der Waals surface area (Å²) in [6.07, 6.45) is 4.03. The number of imidazole rings is 1. The quantitative estimate of drug-likeness (QED) is 0.466. The van der Waals surface area contributed by atoms with Crippen LogP contribution in [0.2, 0.25) is 5.02 Å². The van der Waals surface area contributed by atoms with E-state index in [4.69, 9.17) is 11.6 Å². The first kappa shape index (κ1) is 18.7. The van der Waals surface area contributed by atoms with Crippen LogP contribution in [0.5, 0.6) is 0 Å². The Morgan fingerprint density at radius 1 is 1.07 bits per heavy atom. The molecule has 0 atom stereocenters. The number of benzene rings is 2. The standard InChI is InChI=1S/C22H20ClN3OS/c23-18-8-6-17(7-9-18)20-14-26-19(15-28-22(26)25-20)10-11-21(27)24-13-12-16-4-2-1-3-5-16/h1-9,14-15H,10-13H2,(H,24,27). The normalized spacial score (nSPS) is 11.0. The highest BCUT2D eigenvalue weighted by molar-refractivity contribution is 7.15. The van der Waals surface area contributed by atoms with Crippen molar-refractivity contribution in [2.75, 3.05) is 6.54 Å². The van der Waals surface area contributed by atoms with Gasteiger partial charge in [-0.3, -0.25) is 9.20 Å². The number of fused-ring (bicyclic) bond motifs is 1. The molecule has 2 aromatic carbocycles. The SMILES string of the molecule is O=C(CCc1csc2nc(-c3ccc(Cl)cc3)cn12)NCCc1ccccc1. The van der Waals surface area contributed by atoms with E-state index in [2.05, 4.69) is 32.2 Å². The van der Waals surface area contributed by atoms with E-state index in [1.54, 1.807) is 11.3 Å². The second-order valence-corrected chi connectivity index (χ2v) is 7.87. The summed E-state index contributed by atoms with van der Waals surface area (Å²) in [5.41, 5.74) is 4.28. The lowest BCUT2D eigenvalue weighted by Gasteiger charge is -2.05. The number of carbonyl (C=O) groups is 1. The largest absolute Gasteiger partial charge is 0.356 e. The molecule has 4 aromatic rings. The molecule has 0 spiro atoms. The van der Waals surface area contributed by atoms with Crippen molar-refractivity contribution in [2.45, 2.75) is 19.3 Å². The van der Waals surface area contributed by atoms with E-state index in [1.165, 1.54) is 5.56 Å². The van der Waals surface area contributed by atoms with Crippen LogP contribution in [0, 0.1) is 0 Å². The van der Waals surface area contributed by atoms with Crippen molar-refractivity contribution < 1.29 is 4.79 Å². The van der Waals surface area contributed by atoms with Gasteiger partial charge in [-0.05, 0) is 30.5 Å². The molecule has 4 rings (SSSR count). The smallest absolute Gasteiger partial charge is 0.220 e. The molecule has 0 bridgehead atoms. The van der Waals surface area contributed by atoms with Crippen molar-refractivity contribution in [3.63, 3.8) is 0 Å². The number of amides is 1. The molecule has 0 saturated carbocycles. The fourth-order valence-electron chi connectivity index (χ4n) is 3.09. The summed E-state index contributed by atoms with van der Waals surface area (Å²) in [5.74, 6) is 0.0771. The lowest BCUT2D eigenvalue weighted by molar-refractivity contribution is -0.121. The number of hydrogen-bond acceptors (Lipinski definition) is 3. The molecule has 2 heterocycles. The van der Waals surface area contributed by atoms with Crippen LogP contribution in [-0.4, -0.2) is 21.8 Å². The molecular formula is C22H20ClN3OS. The minimum absolute atomic E-state index is 0.0771. The number of aromatic nitrogens is 2. The molecule has 0 aliphatic carbocycles. The maximum Gasteiger partial charge on any atom is 0.220 e. The highest BCUT2D eigenvalue weighted by atomic mass is 35.5. The zero-order valence-corrected chi connectivity index (χ0v) is 16.8. The molecule has 6 heteroatoms. The van der Waals surface area contributed by atoms with Gasteiger partial charge >= 0.3 is 0 Å². The first-order chi connectivity index (χ1) is 13.7. The van der Waals surface area contributed by atoms with Crippen LogP contribution in [0.4, 0.5) is 0 Å². The summed E-state index contributed by atoms with van der Waals surface area (Å²) >= 11 is 7.56. The minimum Gasteiger partial charge on any atom is -0.356 e. The number of hydrogen-bond donors (Lipinski definition) is 1. The molecule has 0 radical (unpaired) electrons. The van der Waals surface area contributed by atoms with Crippen LogP contribution in [-0.2, 0) is 17.6 Å². The number of nitrogens with zero attached hydrogens (tertiary/aromatic N) is 2. The third kappa shape index (κ3) is 4.43. The number of thiazole rings is 1. The predicted octanol–water partition coefficient (Wildman–Crippen LogP) is 5.01. The molecule has 142 valence electrons. The Morgan fingerprint density at radius 2 is 1.86 bits per heavy atom. The Bertz CT molecular complexity index is 1070. The predicted molar refractivity (Wildman–Crippen MR) is 115 cm³/mol. The summed E-state index contributed by atoms with van der Waals surface area (Å²) in [5, 5.41) is 5.79. The second-order valence-electron chi connectivity index (χ2n) is 6.60. The fraction of sp³-hybridized carbons (Fsp3) is 0.182. The number of halogens is 1. The first-order valence-electron chi connectivity index (χ1n) is 9.21. The van der Waals surface area contributed by atoms with Crippen LogP contribution in [0.15, 0.2) is 66.2 Å². The topological polar surface area (TPSA) is 46.4 Å². The van der Waals surface area contributed by atoms with Gasteiger partial charge < -0.3 is 5.32 Å². The van der Waals surface area contributed by atoms with Crippen LogP contribution < -0.4 is 5.32 Å². The van der Waals surface area contributed by atoms with Crippen LogP contribution in [0.25, 0.3) is 16.2 Å². The second kappa shape index (κ2) is 8.59. The van der Waals surface area contributed by atoms with Crippen molar-refractivity contribution in [3.8, 4) is 11.3 Å². The lowest BCUT2D eigenvalue weighted by atomic mass is 10.1. The van der Waals surface area contributed by atoms with Gasteiger partial charge in [0.25, 0.3) is 0 Å². The highest BCUT2D eigenvalue weighted by Crippen LogP contribution is 2.25. The molecule has 0 aliphatic rings. The van der Waals surface area contributed by atoms with E-state index in [-0.39, 0.29) is 5.91 Å². The average molecular weight is 410 g/mol. The fourth-order valence-corrected chi connectivity index (χ4v) is 4.12. The summed E-state index contributed by atoms with van der Waals surface area (Å²) in [6, 6.07) is 17.8. The van der Waals surface area contributed by atoms with E-state index >= 15 is 0 Å². The van der Waals surface area contributed by atoms with E-state index < -0.39 is 0 Å². The van der Waals surface area contributed by atoms with Gasteiger partial charge in [0.05, 0.1) is 5.69 Å². The van der Waals surface area contributed by atoms with E-state index in [9.17, 15) is 4.79 Å². The van der Waals surface area contributed by atoms with Gasteiger partial charge in [0.15, 0.2) is 4.96 Å². The van der Waals surface area contributed by atoms with Crippen molar-refractivity contribution in [1.29, 1.82) is 0 Å². The molecule has 0 fully saturated rings. The van der Waals surface area contributed by atoms with E-state index in [1.807, 2.05) is 48.7 Å². The van der Waals surface area contributed by atoms with Crippen LogP contribution >= 0.6 is 22.9 Å². The van der Waals surface area contributed by atoms with Crippen molar-refractivity contribution in [1.82, 2.24) is 14.7 Å². The Morgan fingerprint density at radius 3 is 2.64 bits per heavy atom. The number of nitrogens with one attached hydrogen (secondary N) is 1. The molecule has 0 unspecified atom stereocenters. The van der Waals surface area contributed by atoms with E-state index in [0.29, 0.717) is 24.4 Å². The summed E-state index contributed by atoms with van der Waals surface area (Å²) in [6.45, 7) is 0.660. The molecule has 4 nitrogen and oxygen atoms in total. The summed E-state index contributed by atoms with van der Waals surface area (Å²) in [4.78, 5) is 17.8. The van der Waals surface area contributed by atoms with Crippen molar-refractivity contribution in [3.05, 3.63) is 82.5 Å². The number of rotatable bonds is 7. The summed E-state index contributed by atoms with van der Waals surface area (Å²) < 4.78 is 2.08. The van der Waals surface area contributed by atoms with Crippen LogP contribution in [0.1, 0.15) is 17.7 Å². The van der Waals surface area contributed by atoms with Gasteiger partial charge in [-0.15, -0.1) is 11.3 Å². The maximum absolute atomic E-state index is 12.2. The van der Waals surface area contributed by atoms with Gasteiger partial charge in [-0.25, -0.2) is 4.98 Å². The van der Waals surface area contributed by atoms with Crippen LogP contribution in [0.3, 0.4) is 0 Å². The summed E-state index contributed by atoms with van der Waals surface area (Å²) in [7, 11) is 0. The number of carbonyl (C=O) groups excluding carboxylic acids is 1. The third-order valence-electron chi connectivity index (χ3n) is 4.61. The lowest BCUT2D eigenvalue weighted by Crippen LogP contribution is -2.25. The Labute approximate surface area is 172 Å². The zero-order valence-electron chi connectivity index (χ0n) is 15.3. The van der Waals surface area contributed by atoms with Gasteiger partial charge in [-0.2, -0.15) is 0 Å². The van der Waals surface area contributed by atoms with Gasteiger partial charge in [-0.1, -0.05) is 54.1 Å². The van der Waals surface area contributed by atoms with Crippen molar-refractivity contribution >= 4 is 33.8 Å². The maximum atomic E-state index is 12.2.